The number of nitrogens with zero attached hydrogens (tertiary/aromatic N) is 1. The normalized spacial score (nSPS) is 14.1. The summed E-state index contributed by atoms with van der Waals surface area (Å²) in [7, 11) is 1.44. The van der Waals surface area contributed by atoms with E-state index in [0.29, 0.717) is 23.9 Å². The summed E-state index contributed by atoms with van der Waals surface area (Å²) < 4.78 is 34.2. The van der Waals surface area contributed by atoms with Gasteiger partial charge in [-0.15, -0.1) is 0 Å². The van der Waals surface area contributed by atoms with Crippen LogP contribution in [0.1, 0.15) is 174 Å². The molecule has 57 heavy (non-hydrogen) atoms. The number of unbranched alkanes of at least 4 members (excludes halogenated alkanes) is 16. The number of phosphoric acid groups is 1. The molecule has 0 aromatic carbocycles. The maximum Gasteiger partial charge on any atom is 0.472 e. The van der Waals surface area contributed by atoms with Gasteiger partial charge in [-0.3, -0.25) is 18.6 Å². The Morgan fingerprint density at radius 2 is 0.982 bits per heavy atom. The maximum absolute atomic E-state index is 12.7. The Balaban J connectivity index is 4.47. The van der Waals surface area contributed by atoms with Crippen molar-refractivity contribution in [2.75, 3.05) is 47.5 Å². The predicted octanol–water partition coefficient (Wildman–Crippen LogP) is 12.9. The van der Waals surface area contributed by atoms with Crippen molar-refractivity contribution in [3.8, 4) is 0 Å². The summed E-state index contributed by atoms with van der Waals surface area (Å²) in [6, 6.07) is 0. The van der Waals surface area contributed by atoms with Crippen LogP contribution in [0.3, 0.4) is 0 Å². The van der Waals surface area contributed by atoms with Crippen LogP contribution in [0.5, 0.6) is 0 Å². The average Bonchev–Trinajstić information content (AvgIpc) is 3.16. The van der Waals surface area contributed by atoms with Crippen LogP contribution < -0.4 is 0 Å². The number of likely N-dealkylation sites (N-methyl/N-ethyl adjacent to an activating group) is 1. The molecule has 330 valence electrons. The molecule has 0 heterocycles. The van der Waals surface area contributed by atoms with Crippen LogP contribution in [-0.4, -0.2) is 74.9 Å². The Labute approximate surface area is 349 Å². The van der Waals surface area contributed by atoms with Crippen molar-refractivity contribution in [3.05, 3.63) is 60.8 Å². The molecule has 0 radical (unpaired) electrons. The minimum atomic E-state index is -4.39. The van der Waals surface area contributed by atoms with E-state index in [4.69, 9.17) is 18.5 Å². The number of allylic oxidation sites excluding steroid dienone is 10. The number of hydrogen-bond donors (Lipinski definition) is 1. The molecule has 0 aliphatic carbocycles. The molecule has 10 heteroatoms. The first kappa shape index (κ1) is 54.7. The minimum absolute atomic E-state index is 0.0196. The lowest BCUT2D eigenvalue weighted by Crippen LogP contribution is -2.37. The second-order valence-corrected chi connectivity index (χ2v) is 17.5. The number of carbonyl (C=O) groups excluding carboxylic acids is 2. The van der Waals surface area contributed by atoms with Crippen molar-refractivity contribution in [3.63, 3.8) is 0 Å². The Morgan fingerprint density at radius 3 is 1.47 bits per heavy atom. The highest BCUT2D eigenvalue weighted by molar-refractivity contribution is 7.47. The molecule has 1 unspecified atom stereocenters. The molecule has 0 spiro atoms. The number of carbonyl (C=O) groups is 2. The molecular weight excluding hydrogens is 737 g/mol. The van der Waals surface area contributed by atoms with Gasteiger partial charge in [-0.2, -0.15) is 0 Å². The van der Waals surface area contributed by atoms with Crippen molar-refractivity contribution in [1.29, 1.82) is 0 Å². The van der Waals surface area contributed by atoms with Crippen molar-refractivity contribution in [1.82, 2.24) is 0 Å². The summed E-state index contributed by atoms with van der Waals surface area (Å²) in [6.45, 7) is 4.31. The lowest BCUT2D eigenvalue weighted by Gasteiger charge is -2.24. The van der Waals surface area contributed by atoms with Gasteiger partial charge < -0.3 is 18.9 Å². The van der Waals surface area contributed by atoms with Crippen LogP contribution in [0.15, 0.2) is 60.8 Å². The lowest BCUT2D eigenvalue weighted by molar-refractivity contribution is -0.870. The highest BCUT2D eigenvalue weighted by Gasteiger charge is 2.27. The molecule has 1 N–H and O–H groups in total. The molecule has 0 saturated heterocycles. The average molecular weight is 823 g/mol. The molecule has 0 amide bonds. The van der Waals surface area contributed by atoms with E-state index >= 15 is 0 Å². The zero-order valence-corrected chi connectivity index (χ0v) is 38.0. The Bertz CT molecular complexity index is 1160. The summed E-state index contributed by atoms with van der Waals surface area (Å²) in [4.78, 5) is 35.3. The van der Waals surface area contributed by atoms with Gasteiger partial charge in [0.25, 0.3) is 0 Å². The topological polar surface area (TPSA) is 108 Å². The first-order valence-electron chi connectivity index (χ1n) is 22.5. The third kappa shape index (κ3) is 43.1. The molecule has 0 aliphatic heterocycles. The first-order chi connectivity index (χ1) is 27.5. The van der Waals surface area contributed by atoms with E-state index in [-0.39, 0.29) is 26.1 Å². The van der Waals surface area contributed by atoms with Crippen LogP contribution in [0.2, 0.25) is 0 Å². The van der Waals surface area contributed by atoms with E-state index in [0.717, 1.165) is 44.9 Å². The summed E-state index contributed by atoms with van der Waals surface area (Å²) in [5.41, 5.74) is 0. The van der Waals surface area contributed by atoms with Crippen LogP contribution in [0.25, 0.3) is 0 Å². The first-order valence-corrected chi connectivity index (χ1v) is 24.0. The summed E-state index contributed by atoms with van der Waals surface area (Å²) in [5, 5.41) is 0. The highest BCUT2D eigenvalue weighted by atomic mass is 31.2. The summed E-state index contributed by atoms with van der Waals surface area (Å²) in [6.07, 6.45) is 47.1. The fourth-order valence-electron chi connectivity index (χ4n) is 5.76. The van der Waals surface area contributed by atoms with Crippen molar-refractivity contribution >= 4 is 19.8 Å². The molecule has 0 aliphatic rings. The largest absolute Gasteiger partial charge is 0.472 e. The second-order valence-electron chi connectivity index (χ2n) is 16.1. The third-order valence-corrected chi connectivity index (χ3v) is 10.3. The molecule has 2 atom stereocenters. The number of hydrogen-bond acceptors (Lipinski definition) is 7. The third-order valence-electron chi connectivity index (χ3n) is 9.31. The molecule has 0 aromatic heterocycles. The fourth-order valence-corrected chi connectivity index (χ4v) is 6.50. The Kier molecular flexibility index (Phi) is 37.6. The van der Waals surface area contributed by atoms with Crippen LogP contribution in [0.4, 0.5) is 0 Å². The quantitative estimate of drug-likeness (QED) is 0.0214. The predicted molar refractivity (Wildman–Crippen MR) is 238 cm³/mol. The monoisotopic (exact) mass is 823 g/mol. The van der Waals surface area contributed by atoms with E-state index < -0.39 is 32.5 Å². The van der Waals surface area contributed by atoms with E-state index in [1.54, 1.807) is 0 Å². The van der Waals surface area contributed by atoms with Gasteiger partial charge in [-0.05, 0) is 51.4 Å². The Hall–Kier alpha value is -2.29. The van der Waals surface area contributed by atoms with Crippen molar-refractivity contribution < 1.29 is 42.1 Å². The fraction of sp³-hybridized carbons (Fsp3) is 0.745. The van der Waals surface area contributed by atoms with Gasteiger partial charge in [0.15, 0.2) is 6.10 Å². The van der Waals surface area contributed by atoms with Crippen LogP contribution in [-0.2, 0) is 32.7 Å². The molecule has 0 bridgehead atoms. The lowest BCUT2D eigenvalue weighted by atomic mass is 10.0. The molecule has 0 saturated carbocycles. The number of phosphoric ester groups is 1. The zero-order chi connectivity index (χ0) is 42.1. The molecule has 9 nitrogen and oxygen atoms in total. The number of ether oxygens (including phenoxy) is 2. The zero-order valence-electron chi connectivity index (χ0n) is 37.1. The minimum Gasteiger partial charge on any atom is -0.462 e. The van der Waals surface area contributed by atoms with Gasteiger partial charge in [-0.1, -0.05) is 171 Å². The van der Waals surface area contributed by atoms with Gasteiger partial charge >= 0.3 is 19.8 Å². The molecule has 0 aromatic rings. The van der Waals surface area contributed by atoms with Crippen molar-refractivity contribution in [2.24, 2.45) is 0 Å². The van der Waals surface area contributed by atoms with Crippen LogP contribution >= 0.6 is 7.82 Å². The highest BCUT2D eigenvalue weighted by Crippen LogP contribution is 2.43. The van der Waals surface area contributed by atoms with E-state index in [1.165, 1.54) is 89.9 Å². The van der Waals surface area contributed by atoms with Gasteiger partial charge in [0.2, 0.25) is 0 Å². The number of rotatable bonds is 40. The number of quaternary nitrogens is 1. The summed E-state index contributed by atoms with van der Waals surface area (Å²) >= 11 is 0. The van der Waals surface area contributed by atoms with Gasteiger partial charge in [-0.25, -0.2) is 4.57 Å². The van der Waals surface area contributed by atoms with E-state index in [1.807, 2.05) is 33.3 Å². The number of esters is 2. The van der Waals surface area contributed by atoms with Crippen molar-refractivity contribution in [2.45, 2.75) is 180 Å². The molecular formula is C47H85NO8P+. The van der Waals surface area contributed by atoms with Gasteiger partial charge in [0, 0.05) is 12.8 Å². The van der Waals surface area contributed by atoms with Crippen LogP contribution in [0, 0.1) is 0 Å². The molecule has 0 fully saturated rings. The second kappa shape index (κ2) is 39.2. The Morgan fingerprint density at radius 1 is 0.544 bits per heavy atom. The standard InChI is InChI=1S/C47H84NO8P/c1-6-8-10-12-14-16-18-20-22-23-24-25-26-28-29-31-33-35-37-39-46(49)53-43-45(44-55-57(51,52)54-42-41-48(3,4)5)56-47(50)40-38-36-34-32-30-27-21-19-17-15-13-11-9-7-2/h14,16,20,22,24-25,28-29,33,35,45H,6-13,15,17-19,21,23,26-27,30-32,34,36-44H2,1-5H3/p+1/b16-14+,22-20+,25-24+,29-28+,35-33+/t45-/m0/s1. The molecule has 0 rings (SSSR count). The smallest absolute Gasteiger partial charge is 0.462 e. The SMILES string of the molecule is CCCCC/C=C/C/C=C/C/C=C/C/C=C/C/C=C/CCC(=O)OC[C@@H](COP(=O)(O)OCC[N+](C)(C)C)OC(=O)CCCCCCCCCCCCCCCC. The van der Waals surface area contributed by atoms with E-state index in [9.17, 15) is 19.0 Å². The van der Waals surface area contributed by atoms with Gasteiger partial charge in [0.1, 0.15) is 19.8 Å². The summed E-state index contributed by atoms with van der Waals surface area (Å²) in [5.74, 6) is -0.895. The maximum atomic E-state index is 12.7. The van der Waals surface area contributed by atoms with E-state index in [2.05, 4.69) is 62.5 Å². The van der Waals surface area contributed by atoms with Gasteiger partial charge in [0.05, 0.1) is 27.7 Å².